The molecular formula is C26H24F3N3O2. The van der Waals surface area contributed by atoms with Gasteiger partial charge in [-0.05, 0) is 55.2 Å². The lowest BCUT2D eigenvalue weighted by atomic mass is 9.93. The van der Waals surface area contributed by atoms with Crippen LogP contribution in [0.5, 0.6) is 0 Å². The first-order valence-electron chi connectivity index (χ1n) is 11.4. The van der Waals surface area contributed by atoms with E-state index < -0.39 is 17.5 Å². The summed E-state index contributed by atoms with van der Waals surface area (Å²) in [6.07, 6.45) is 5.65. The lowest BCUT2D eigenvalue weighted by molar-refractivity contribution is -0.136. The molecule has 2 aromatic carbocycles. The van der Waals surface area contributed by atoms with Crippen LogP contribution >= 0.6 is 0 Å². The van der Waals surface area contributed by atoms with E-state index >= 15 is 0 Å². The molecule has 5 nitrogen and oxygen atoms in total. The molecule has 0 spiro atoms. The van der Waals surface area contributed by atoms with Crippen molar-refractivity contribution in [3.05, 3.63) is 77.2 Å². The summed E-state index contributed by atoms with van der Waals surface area (Å²) in [5, 5.41) is 0.960. The Morgan fingerprint density at radius 1 is 0.912 bits per heavy atom. The summed E-state index contributed by atoms with van der Waals surface area (Å²) in [6.45, 7) is 1.81. The van der Waals surface area contributed by atoms with Crippen LogP contribution in [0.25, 0.3) is 16.5 Å². The molecule has 0 unspecified atom stereocenters. The van der Waals surface area contributed by atoms with Gasteiger partial charge in [-0.25, -0.2) is 13.2 Å². The molecule has 2 aliphatic rings. The van der Waals surface area contributed by atoms with Crippen molar-refractivity contribution in [1.29, 1.82) is 0 Å². The highest BCUT2D eigenvalue weighted by atomic mass is 19.1. The average molecular weight is 467 g/mol. The van der Waals surface area contributed by atoms with Crippen LogP contribution < -0.4 is 0 Å². The first kappa shape index (κ1) is 22.3. The summed E-state index contributed by atoms with van der Waals surface area (Å²) in [5.74, 6) is -2.49. The molecule has 5 rings (SSSR count). The SMILES string of the molecule is O=C(c1ccc(F)cc1F)N1CCC(C(=O)N2CC=C(c3c[nH]c4cc(F)ccc34)CC2)CC1. The molecule has 1 aromatic heterocycles. The normalized spacial score (nSPS) is 17.2. The standard InChI is InChI=1S/C26H24F3N3O2/c27-18-2-4-21(23(29)13-18)26(34)32-11-7-17(8-12-32)25(33)31-9-5-16(6-10-31)22-15-30-24-14-19(28)1-3-20(22)24/h1-5,13-15,17,30H,6-12H2. The second-order valence-corrected chi connectivity index (χ2v) is 8.85. The summed E-state index contributed by atoms with van der Waals surface area (Å²) in [7, 11) is 0. The number of hydrogen-bond acceptors (Lipinski definition) is 2. The molecule has 2 amide bonds. The number of likely N-dealkylation sites (tertiary alicyclic amines) is 1. The van der Waals surface area contributed by atoms with Crippen molar-refractivity contribution in [1.82, 2.24) is 14.8 Å². The first-order valence-corrected chi connectivity index (χ1v) is 11.4. The van der Waals surface area contributed by atoms with E-state index in [2.05, 4.69) is 4.98 Å². The molecule has 34 heavy (non-hydrogen) atoms. The van der Waals surface area contributed by atoms with Crippen LogP contribution in [0.15, 0.2) is 48.7 Å². The van der Waals surface area contributed by atoms with E-state index in [9.17, 15) is 22.8 Å². The number of nitrogens with zero attached hydrogens (tertiary/aromatic N) is 2. The summed E-state index contributed by atoms with van der Waals surface area (Å²) >= 11 is 0. The molecular weight excluding hydrogens is 443 g/mol. The molecule has 0 aliphatic carbocycles. The lowest BCUT2D eigenvalue weighted by Crippen LogP contribution is -2.45. The minimum Gasteiger partial charge on any atom is -0.360 e. The van der Waals surface area contributed by atoms with Crippen LogP contribution in [-0.4, -0.2) is 52.8 Å². The molecule has 2 aliphatic heterocycles. The van der Waals surface area contributed by atoms with Crippen molar-refractivity contribution >= 4 is 28.3 Å². The van der Waals surface area contributed by atoms with Gasteiger partial charge in [-0.1, -0.05) is 6.08 Å². The highest BCUT2D eigenvalue weighted by molar-refractivity contribution is 5.95. The molecule has 1 fully saturated rings. The largest absolute Gasteiger partial charge is 0.360 e. The van der Waals surface area contributed by atoms with Crippen molar-refractivity contribution in [2.24, 2.45) is 5.92 Å². The van der Waals surface area contributed by atoms with Crippen molar-refractivity contribution in [2.75, 3.05) is 26.2 Å². The number of fused-ring (bicyclic) bond motifs is 1. The van der Waals surface area contributed by atoms with Gasteiger partial charge < -0.3 is 14.8 Å². The van der Waals surface area contributed by atoms with Crippen molar-refractivity contribution < 1.29 is 22.8 Å². The van der Waals surface area contributed by atoms with Crippen LogP contribution in [0.2, 0.25) is 0 Å². The number of piperidine rings is 1. The van der Waals surface area contributed by atoms with Gasteiger partial charge in [0.1, 0.15) is 17.5 Å². The van der Waals surface area contributed by atoms with Crippen molar-refractivity contribution in [3.63, 3.8) is 0 Å². The maximum atomic E-state index is 14.0. The molecule has 1 saturated heterocycles. The maximum Gasteiger partial charge on any atom is 0.256 e. The summed E-state index contributed by atoms with van der Waals surface area (Å²) in [6, 6.07) is 7.61. The topological polar surface area (TPSA) is 56.4 Å². The molecule has 8 heteroatoms. The number of carbonyl (C=O) groups excluding carboxylic acids is 2. The minimum absolute atomic E-state index is 0.0661. The monoisotopic (exact) mass is 467 g/mol. The number of aromatic nitrogens is 1. The predicted octanol–water partition coefficient (Wildman–Crippen LogP) is 4.75. The van der Waals surface area contributed by atoms with Crippen molar-refractivity contribution in [2.45, 2.75) is 19.3 Å². The third kappa shape index (κ3) is 4.20. The molecule has 3 aromatic rings. The molecule has 3 heterocycles. The van der Waals surface area contributed by atoms with E-state index in [4.69, 9.17) is 0 Å². The summed E-state index contributed by atoms with van der Waals surface area (Å²) < 4.78 is 40.6. The second kappa shape index (κ2) is 9.00. The van der Waals surface area contributed by atoms with Crippen LogP contribution in [0, 0.1) is 23.4 Å². The summed E-state index contributed by atoms with van der Waals surface area (Å²) in [4.78, 5) is 32.1. The van der Waals surface area contributed by atoms with Crippen LogP contribution in [0.3, 0.4) is 0 Å². The van der Waals surface area contributed by atoms with E-state index in [1.54, 1.807) is 6.07 Å². The fourth-order valence-electron chi connectivity index (χ4n) is 4.90. The van der Waals surface area contributed by atoms with E-state index in [1.165, 1.54) is 17.0 Å². The molecule has 0 bridgehead atoms. The minimum atomic E-state index is -0.876. The highest BCUT2D eigenvalue weighted by Crippen LogP contribution is 2.31. The Morgan fingerprint density at radius 2 is 1.65 bits per heavy atom. The van der Waals surface area contributed by atoms with Gasteiger partial charge in [0.15, 0.2) is 0 Å². The number of nitrogens with one attached hydrogen (secondary N) is 1. The van der Waals surface area contributed by atoms with Gasteiger partial charge in [0.05, 0.1) is 5.56 Å². The third-order valence-electron chi connectivity index (χ3n) is 6.80. The maximum absolute atomic E-state index is 14.0. The third-order valence-corrected chi connectivity index (χ3v) is 6.80. The van der Waals surface area contributed by atoms with Gasteiger partial charge in [-0.15, -0.1) is 0 Å². The van der Waals surface area contributed by atoms with Crippen LogP contribution in [0.4, 0.5) is 13.2 Å². The molecule has 0 atom stereocenters. The molecule has 176 valence electrons. The van der Waals surface area contributed by atoms with Gasteiger partial charge in [-0.3, -0.25) is 9.59 Å². The number of carbonyl (C=O) groups is 2. The van der Waals surface area contributed by atoms with Gasteiger partial charge >= 0.3 is 0 Å². The Morgan fingerprint density at radius 3 is 2.35 bits per heavy atom. The van der Waals surface area contributed by atoms with E-state index in [0.29, 0.717) is 51.5 Å². The van der Waals surface area contributed by atoms with Gasteiger partial charge in [-0.2, -0.15) is 0 Å². The number of rotatable bonds is 3. The number of halogens is 3. The van der Waals surface area contributed by atoms with Gasteiger partial charge in [0.2, 0.25) is 5.91 Å². The van der Waals surface area contributed by atoms with E-state index in [0.717, 1.165) is 34.2 Å². The number of benzene rings is 2. The Labute approximate surface area is 194 Å². The molecule has 1 N–H and O–H groups in total. The molecule has 0 saturated carbocycles. The second-order valence-electron chi connectivity index (χ2n) is 8.85. The Hall–Kier alpha value is -3.55. The lowest BCUT2D eigenvalue weighted by Gasteiger charge is -2.35. The van der Waals surface area contributed by atoms with Crippen LogP contribution in [-0.2, 0) is 4.79 Å². The first-order chi connectivity index (χ1) is 16.4. The van der Waals surface area contributed by atoms with Crippen LogP contribution in [0.1, 0.15) is 35.2 Å². The average Bonchev–Trinajstić information content (AvgIpc) is 3.26. The fourth-order valence-corrected chi connectivity index (χ4v) is 4.90. The highest BCUT2D eigenvalue weighted by Gasteiger charge is 2.32. The summed E-state index contributed by atoms with van der Waals surface area (Å²) in [5.41, 5.74) is 2.75. The van der Waals surface area contributed by atoms with Gasteiger partial charge in [0.25, 0.3) is 5.91 Å². The Balaban J connectivity index is 1.19. The number of aromatic amines is 1. The smallest absolute Gasteiger partial charge is 0.256 e. The number of amides is 2. The van der Waals surface area contributed by atoms with Crippen molar-refractivity contribution in [3.8, 4) is 0 Å². The molecule has 0 radical (unpaired) electrons. The number of hydrogen-bond donors (Lipinski definition) is 1. The van der Waals surface area contributed by atoms with E-state index in [1.807, 2.05) is 17.2 Å². The zero-order valence-corrected chi connectivity index (χ0v) is 18.5. The predicted molar refractivity (Wildman–Crippen MR) is 122 cm³/mol. The van der Waals surface area contributed by atoms with E-state index in [-0.39, 0.29) is 23.2 Å². The zero-order valence-electron chi connectivity index (χ0n) is 18.5. The van der Waals surface area contributed by atoms with Gasteiger partial charge in [0, 0.05) is 60.8 Å². The quantitative estimate of drug-likeness (QED) is 0.604. The fraction of sp³-hybridized carbons (Fsp3) is 0.308. The Kier molecular flexibility index (Phi) is 5.89. The Bertz CT molecular complexity index is 1290. The number of H-pyrrole nitrogens is 1. The zero-order chi connectivity index (χ0) is 23.8.